The lowest BCUT2D eigenvalue weighted by Gasteiger charge is -2.22. The first kappa shape index (κ1) is 14.8. The van der Waals surface area contributed by atoms with Gasteiger partial charge in [0.1, 0.15) is 11.6 Å². The van der Waals surface area contributed by atoms with Gasteiger partial charge in [0.15, 0.2) is 0 Å². The van der Waals surface area contributed by atoms with Gasteiger partial charge in [0.2, 0.25) is 0 Å². The highest BCUT2D eigenvalue weighted by atomic mass is 35.5. The molecule has 2 N–H and O–H groups in total. The summed E-state index contributed by atoms with van der Waals surface area (Å²) in [6.07, 6.45) is 0. The summed E-state index contributed by atoms with van der Waals surface area (Å²) in [5, 5.41) is 13.2. The predicted molar refractivity (Wildman–Crippen MR) is 79.5 cm³/mol. The van der Waals surface area contributed by atoms with Gasteiger partial charge in [-0.2, -0.15) is 0 Å². The number of phenolic OH excluding ortho intramolecular Hbond substituents is 1. The van der Waals surface area contributed by atoms with E-state index in [1.807, 2.05) is 38.1 Å². The molecule has 0 aromatic heterocycles. The predicted octanol–water partition coefficient (Wildman–Crippen LogP) is 4.60. The van der Waals surface area contributed by atoms with E-state index in [1.165, 1.54) is 6.07 Å². The molecule has 2 atom stereocenters. The Hall–Kier alpha value is -1.58. The van der Waals surface area contributed by atoms with Crippen molar-refractivity contribution in [1.29, 1.82) is 0 Å². The summed E-state index contributed by atoms with van der Waals surface area (Å²) in [7, 11) is 0. The first-order valence-electron chi connectivity index (χ1n) is 6.48. The Labute approximate surface area is 123 Å². The van der Waals surface area contributed by atoms with Crippen molar-refractivity contribution in [3.8, 4) is 5.75 Å². The Morgan fingerprint density at radius 3 is 2.35 bits per heavy atom. The molecule has 106 valence electrons. The van der Waals surface area contributed by atoms with Crippen molar-refractivity contribution in [1.82, 2.24) is 5.32 Å². The minimum Gasteiger partial charge on any atom is -0.508 e. The zero-order valence-corrected chi connectivity index (χ0v) is 12.2. The number of benzene rings is 2. The molecule has 0 fully saturated rings. The van der Waals surface area contributed by atoms with Crippen molar-refractivity contribution in [2.45, 2.75) is 25.9 Å². The molecule has 1 unspecified atom stereocenters. The third-order valence-corrected chi connectivity index (χ3v) is 3.67. The van der Waals surface area contributed by atoms with Gasteiger partial charge < -0.3 is 10.4 Å². The number of nitrogens with one attached hydrogen (secondary N) is 1. The molecular formula is C16H17ClFNO. The maximum absolute atomic E-state index is 13.8. The fraction of sp³-hybridized carbons (Fsp3) is 0.250. The number of hydrogen-bond donors (Lipinski definition) is 2. The van der Waals surface area contributed by atoms with Crippen molar-refractivity contribution in [3.05, 3.63) is 64.4 Å². The molecule has 0 heterocycles. The summed E-state index contributed by atoms with van der Waals surface area (Å²) in [6.45, 7) is 3.86. The van der Waals surface area contributed by atoms with E-state index in [-0.39, 0.29) is 17.8 Å². The van der Waals surface area contributed by atoms with Crippen LogP contribution in [0.3, 0.4) is 0 Å². The lowest BCUT2D eigenvalue weighted by Crippen LogP contribution is -2.23. The van der Waals surface area contributed by atoms with Crippen LogP contribution in [0.15, 0.2) is 42.5 Å². The molecule has 0 radical (unpaired) electrons. The number of aromatic hydroxyl groups is 1. The quantitative estimate of drug-likeness (QED) is 0.863. The average Bonchev–Trinajstić information content (AvgIpc) is 2.38. The average molecular weight is 294 g/mol. The van der Waals surface area contributed by atoms with Crippen LogP contribution in [0.25, 0.3) is 0 Å². The monoisotopic (exact) mass is 293 g/mol. The van der Waals surface area contributed by atoms with Crippen LogP contribution in [0.5, 0.6) is 5.75 Å². The van der Waals surface area contributed by atoms with Crippen LogP contribution >= 0.6 is 11.6 Å². The summed E-state index contributed by atoms with van der Waals surface area (Å²) in [6, 6.07) is 11.6. The van der Waals surface area contributed by atoms with Crippen LogP contribution in [0.1, 0.15) is 37.1 Å². The van der Waals surface area contributed by atoms with Crippen LogP contribution in [-0.4, -0.2) is 5.11 Å². The lowest BCUT2D eigenvalue weighted by molar-refractivity contribution is 0.454. The largest absolute Gasteiger partial charge is 0.508 e. The molecule has 2 aromatic rings. The Kier molecular flexibility index (Phi) is 4.63. The van der Waals surface area contributed by atoms with Gasteiger partial charge in [-0.1, -0.05) is 35.9 Å². The standard InChI is InChI=1S/C16H17ClFNO/c1-10(13-5-3-4-6-15(13)17)19-11(2)14-8-7-12(20)9-16(14)18/h3-11,19-20H,1-2H3/t10-,11?/m1/s1. The number of halogens is 2. The van der Waals surface area contributed by atoms with Gasteiger partial charge in [0, 0.05) is 28.7 Å². The molecule has 0 amide bonds. The molecule has 0 spiro atoms. The fourth-order valence-electron chi connectivity index (χ4n) is 2.25. The lowest BCUT2D eigenvalue weighted by atomic mass is 10.0. The first-order chi connectivity index (χ1) is 9.49. The van der Waals surface area contributed by atoms with Crippen LogP contribution in [0.2, 0.25) is 5.02 Å². The molecule has 0 bridgehead atoms. The number of rotatable bonds is 4. The van der Waals surface area contributed by atoms with Gasteiger partial charge in [0.25, 0.3) is 0 Å². The summed E-state index contributed by atoms with van der Waals surface area (Å²) in [5.74, 6) is -0.492. The molecular weight excluding hydrogens is 277 g/mol. The Morgan fingerprint density at radius 1 is 1.05 bits per heavy atom. The highest BCUT2D eigenvalue weighted by molar-refractivity contribution is 6.31. The van der Waals surface area contributed by atoms with E-state index in [2.05, 4.69) is 5.32 Å². The number of hydrogen-bond acceptors (Lipinski definition) is 2. The van der Waals surface area contributed by atoms with Crippen molar-refractivity contribution >= 4 is 11.6 Å². The summed E-state index contributed by atoms with van der Waals surface area (Å²) >= 11 is 6.15. The van der Waals surface area contributed by atoms with E-state index in [0.717, 1.165) is 11.6 Å². The zero-order valence-electron chi connectivity index (χ0n) is 11.4. The van der Waals surface area contributed by atoms with E-state index >= 15 is 0 Å². The van der Waals surface area contributed by atoms with Crippen LogP contribution < -0.4 is 5.32 Å². The van der Waals surface area contributed by atoms with Crippen molar-refractivity contribution in [3.63, 3.8) is 0 Å². The van der Waals surface area contributed by atoms with E-state index in [1.54, 1.807) is 6.07 Å². The number of phenols is 1. The second-order valence-corrected chi connectivity index (χ2v) is 5.24. The van der Waals surface area contributed by atoms with Gasteiger partial charge in [-0.05, 0) is 31.5 Å². The second-order valence-electron chi connectivity index (χ2n) is 4.84. The van der Waals surface area contributed by atoms with Gasteiger partial charge in [0.05, 0.1) is 0 Å². The first-order valence-corrected chi connectivity index (χ1v) is 6.85. The van der Waals surface area contributed by atoms with E-state index in [9.17, 15) is 9.50 Å². The van der Waals surface area contributed by atoms with Crippen molar-refractivity contribution in [2.75, 3.05) is 0 Å². The topological polar surface area (TPSA) is 32.3 Å². The minimum atomic E-state index is -0.420. The van der Waals surface area contributed by atoms with Crippen LogP contribution in [-0.2, 0) is 0 Å². The third-order valence-electron chi connectivity index (χ3n) is 3.32. The molecule has 0 aliphatic rings. The highest BCUT2D eigenvalue weighted by Crippen LogP contribution is 2.27. The molecule has 2 aromatic carbocycles. The molecule has 0 saturated heterocycles. The molecule has 0 aliphatic carbocycles. The highest BCUT2D eigenvalue weighted by Gasteiger charge is 2.16. The minimum absolute atomic E-state index is 0.00750. The zero-order chi connectivity index (χ0) is 14.7. The fourth-order valence-corrected chi connectivity index (χ4v) is 2.55. The smallest absolute Gasteiger partial charge is 0.131 e. The Morgan fingerprint density at radius 2 is 1.70 bits per heavy atom. The molecule has 20 heavy (non-hydrogen) atoms. The van der Waals surface area contributed by atoms with E-state index < -0.39 is 5.82 Å². The normalized spacial score (nSPS) is 14.0. The van der Waals surface area contributed by atoms with E-state index in [4.69, 9.17) is 11.6 Å². The Bertz CT molecular complexity index is 603. The summed E-state index contributed by atoms with van der Waals surface area (Å²) in [4.78, 5) is 0. The SMILES string of the molecule is CC(N[C@H](C)c1ccccc1Cl)c1ccc(O)cc1F. The van der Waals surface area contributed by atoms with Crippen molar-refractivity contribution < 1.29 is 9.50 Å². The van der Waals surface area contributed by atoms with Crippen LogP contribution in [0, 0.1) is 5.82 Å². The summed E-state index contributed by atoms with van der Waals surface area (Å²) in [5.41, 5.74) is 1.49. The summed E-state index contributed by atoms with van der Waals surface area (Å²) < 4.78 is 13.8. The van der Waals surface area contributed by atoms with Gasteiger partial charge in [-0.3, -0.25) is 0 Å². The Balaban J connectivity index is 2.15. The molecule has 0 saturated carbocycles. The van der Waals surface area contributed by atoms with Crippen molar-refractivity contribution in [2.24, 2.45) is 0 Å². The van der Waals surface area contributed by atoms with Gasteiger partial charge in [-0.15, -0.1) is 0 Å². The molecule has 4 heteroatoms. The molecule has 2 rings (SSSR count). The van der Waals surface area contributed by atoms with Crippen LogP contribution in [0.4, 0.5) is 4.39 Å². The van der Waals surface area contributed by atoms with E-state index in [0.29, 0.717) is 10.6 Å². The van der Waals surface area contributed by atoms with Gasteiger partial charge >= 0.3 is 0 Å². The maximum atomic E-state index is 13.8. The molecule has 2 nitrogen and oxygen atoms in total. The molecule has 0 aliphatic heterocycles. The second kappa shape index (κ2) is 6.25. The van der Waals surface area contributed by atoms with Gasteiger partial charge in [-0.25, -0.2) is 4.39 Å². The maximum Gasteiger partial charge on any atom is 0.131 e. The third kappa shape index (κ3) is 3.30.